The molecule has 0 radical (unpaired) electrons. The number of ether oxygens (including phenoxy) is 1. The minimum atomic E-state index is -0.0939. The predicted molar refractivity (Wildman–Crippen MR) is 145 cm³/mol. The molecule has 1 aromatic heterocycles. The van der Waals surface area contributed by atoms with Crippen LogP contribution in [0.1, 0.15) is 37.8 Å². The maximum atomic E-state index is 13.8. The highest BCUT2D eigenvalue weighted by Gasteiger charge is 2.54. The molecular weight excluding hydrogens is 484 g/mol. The van der Waals surface area contributed by atoms with E-state index in [0.717, 1.165) is 52.8 Å². The molecular formula is C29H32N4O3S. The molecule has 1 N–H and O–H groups in total. The number of morpholine rings is 1. The second-order valence-electron chi connectivity index (χ2n) is 10.3. The molecule has 0 spiro atoms. The van der Waals surface area contributed by atoms with Gasteiger partial charge in [-0.3, -0.25) is 9.59 Å². The molecule has 0 bridgehead atoms. The van der Waals surface area contributed by atoms with E-state index in [1.807, 2.05) is 48.2 Å². The summed E-state index contributed by atoms with van der Waals surface area (Å²) in [5.74, 6) is 0.846. The van der Waals surface area contributed by atoms with E-state index < -0.39 is 0 Å². The van der Waals surface area contributed by atoms with Gasteiger partial charge in [-0.1, -0.05) is 42.0 Å². The zero-order chi connectivity index (χ0) is 25.5. The molecule has 2 aliphatic heterocycles. The number of anilines is 1. The van der Waals surface area contributed by atoms with Gasteiger partial charge in [-0.25, -0.2) is 4.98 Å². The smallest absolute Gasteiger partial charge is 0.274 e. The Balaban J connectivity index is 1.19. The molecule has 1 aliphatic carbocycles. The van der Waals surface area contributed by atoms with E-state index >= 15 is 0 Å². The van der Waals surface area contributed by atoms with Crippen LogP contribution in [0.4, 0.5) is 5.69 Å². The first kappa shape index (κ1) is 24.1. The standard InChI is InChI=1S/C29H32N4O3S/c1-18-6-5-7-20(14-18)27-26(31-19(2)37-27)29(35)33-17-21-15-23(21)25(33)16-30-28(34)22-8-3-4-9-24(22)32-10-12-36-13-11-32/h3-9,14,21,23,25H,10-13,15-17H2,1-2H3,(H,30,34). The molecule has 3 heterocycles. The number of benzene rings is 2. The van der Waals surface area contributed by atoms with E-state index in [4.69, 9.17) is 4.74 Å². The Kier molecular flexibility index (Phi) is 6.46. The molecule has 2 saturated heterocycles. The number of thiazole rings is 1. The molecule has 192 valence electrons. The minimum Gasteiger partial charge on any atom is -0.378 e. The van der Waals surface area contributed by atoms with Crippen LogP contribution in [-0.2, 0) is 4.74 Å². The zero-order valence-corrected chi connectivity index (χ0v) is 22.1. The lowest BCUT2D eigenvalue weighted by Crippen LogP contribution is -2.46. The molecule has 3 unspecified atom stereocenters. The molecule has 3 fully saturated rings. The van der Waals surface area contributed by atoms with Gasteiger partial charge >= 0.3 is 0 Å². The number of para-hydroxylation sites is 1. The Morgan fingerprint density at radius 2 is 1.92 bits per heavy atom. The van der Waals surface area contributed by atoms with E-state index in [2.05, 4.69) is 34.3 Å². The van der Waals surface area contributed by atoms with Crippen LogP contribution in [0.2, 0.25) is 0 Å². The van der Waals surface area contributed by atoms with Crippen LogP contribution in [0.25, 0.3) is 10.4 Å². The maximum absolute atomic E-state index is 13.8. The molecule has 3 aliphatic rings. The molecule has 6 rings (SSSR count). The highest BCUT2D eigenvalue weighted by Crippen LogP contribution is 2.50. The van der Waals surface area contributed by atoms with E-state index in [-0.39, 0.29) is 17.9 Å². The van der Waals surface area contributed by atoms with E-state index in [1.165, 1.54) is 0 Å². The number of amides is 2. The summed E-state index contributed by atoms with van der Waals surface area (Å²) in [5, 5.41) is 4.05. The van der Waals surface area contributed by atoms with Gasteiger partial charge < -0.3 is 19.9 Å². The number of carbonyl (C=O) groups excluding carboxylic acids is 2. The lowest BCUT2D eigenvalue weighted by Gasteiger charge is -2.31. The summed E-state index contributed by atoms with van der Waals surface area (Å²) in [6.45, 7) is 8.07. The maximum Gasteiger partial charge on any atom is 0.274 e. The van der Waals surface area contributed by atoms with Crippen LogP contribution in [0.5, 0.6) is 0 Å². The number of rotatable bonds is 6. The Morgan fingerprint density at radius 3 is 2.73 bits per heavy atom. The van der Waals surface area contributed by atoms with Crippen LogP contribution in [-0.4, -0.2) is 67.1 Å². The van der Waals surface area contributed by atoms with Gasteiger partial charge in [0.25, 0.3) is 11.8 Å². The largest absolute Gasteiger partial charge is 0.378 e. The number of hydrogen-bond donors (Lipinski definition) is 1. The summed E-state index contributed by atoms with van der Waals surface area (Å²) in [5.41, 5.74) is 4.32. The Hall–Kier alpha value is -3.23. The minimum absolute atomic E-state index is 0.00985. The van der Waals surface area contributed by atoms with Gasteiger partial charge in [0.05, 0.1) is 34.7 Å². The van der Waals surface area contributed by atoms with Gasteiger partial charge in [0, 0.05) is 31.9 Å². The van der Waals surface area contributed by atoms with E-state index in [9.17, 15) is 9.59 Å². The van der Waals surface area contributed by atoms with Crippen LogP contribution in [0, 0.1) is 25.7 Å². The van der Waals surface area contributed by atoms with Crippen molar-refractivity contribution in [2.24, 2.45) is 11.8 Å². The molecule has 1 saturated carbocycles. The zero-order valence-electron chi connectivity index (χ0n) is 21.3. The summed E-state index contributed by atoms with van der Waals surface area (Å²) in [4.78, 5) is 36.9. The van der Waals surface area contributed by atoms with Gasteiger partial charge in [-0.2, -0.15) is 0 Å². The SMILES string of the molecule is Cc1cccc(-c2sc(C)nc2C(=O)N2CC3CC3C2CNC(=O)c2ccccc2N2CCOCC2)c1. The average molecular weight is 517 g/mol. The summed E-state index contributed by atoms with van der Waals surface area (Å²) in [6.07, 6.45) is 1.12. The molecule has 2 aromatic carbocycles. The Morgan fingerprint density at radius 1 is 1.11 bits per heavy atom. The normalized spacial score (nSPS) is 22.6. The van der Waals surface area contributed by atoms with Crippen molar-refractivity contribution in [2.45, 2.75) is 26.3 Å². The summed E-state index contributed by atoms with van der Waals surface area (Å²) in [6, 6.07) is 16.0. The van der Waals surface area contributed by atoms with Crippen molar-refractivity contribution in [3.63, 3.8) is 0 Å². The number of likely N-dealkylation sites (tertiary alicyclic amines) is 1. The molecule has 3 atom stereocenters. The summed E-state index contributed by atoms with van der Waals surface area (Å²) >= 11 is 1.57. The fourth-order valence-corrected chi connectivity index (χ4v) is 6.70. The quantitative estimate of drug-likeness (QED) is 0.533. The van der Waals surface area contributed by atoms with Crippen molar-refractivity contribution in [1.82, 2.24) is 15.2 Å². The number of nitrogens with zero attached hydrogens (tertiary/aromatic N) is 3. The number of piperidine rings is 1. The number of hydrogen-bond acceptors (Lipinski definition) is 6. The second kappa shape index (κ2) is 9.91. The van der Waals surface area contributed by atoms with Crippen molar-refractivity contribution >= 4 is 28.8 Å². The average Bonchev–Trinajstić information content (AvgIpc) is 3.43. The van der Waals surface area contributed by atoms with Crippen molar-refractivity contribution < 1.29 is 14.3 Å². The highest BCUT2D eigenvalue weighted by molar-refractivity contribution is 7.15. The topological polar surface area (TPSA) is 74.8 Å². The molecule has 3 aromatic rings. The van der Waals surface area contributed by atoms with Crippen LogP contribution in [0.3, 0.4) is 0 Å². The van der Waals surface area contributed by atoms with Gasteiger partial charge in [-0.05, 0) is 49.8 Å². The highest BCUT2D eigenvalue weighted by atomic mass is 32.1. The molecule has 8 heteroatoms. The first-order valence-corrected chi connectivity index (χ1v) is 13.9. The van der Waals surface area contributed by atoms with Crippen molar-refractivity contribution in [3.8, 4) is 10.4 Å². The number of carbonyl (C=O) groups is 2. The fourth-order valence-electron chi connectivity index (χ4n) is 5.79. The van der Waals surface area contributed by atoms with Crippen LogP contribution < -0.4 is 10.2 Å². The third-order valence-electron chi connectivity index (χ3n) is 7.75. The first-order chi connectivity index (χ1) is 18.0. The lowest BCUT2D eigenvalue weighted by molar-refractivity contribution is 0.0690. The lowest BCUT2D eigenvalue weighted by atomic mass is 10.1. The van der Waals surface area contributed by atoms with Gasteiger partial charge in [0.2, 0.25) is 0 Å². The second-order valence-corrected chi connectivity index (χ2v) is 11.5. The van der Waals surface area contributed by atoms with Gasteiger partial charge in [0.15, 0.2) is 0 Å². The Labute approximate surface area is 221 Å². The van der Waals surface area contributed by atoms with Crippen LogP contribution >= 0.6 is 11.3 Å². The summed E-state index contributed by atoms with van der Waals surface area (Å²) in [7, 11) is 0. The van der Waals surface area contributed by atoms with Crippen molar-refractivity contribution in [3.05, 3.63) is 70.4 Å². The molecule has 7 nitrogen and oxygen atoms in total. The third-order valence-corrected chi connectivity index (χ3v) is 8.77. The monoisotopic (exact) mass is 516 g/mol. The Bertz CT molecular complexity index is 1330. The van der Waals surface area contributed by atoms with Crippen molar-refractivity contribution in [2.75, 3.05) is 44.3 Å². The third kappa shape index (κ3) is 4.76. The van der Waals surface area contributed by atoms with E-state index in [1.54, 1.807) is 11.3 Å². The number of aromatic nitrogens is 1. The number of aryl methyl sites for hydroxylation is 2. The molecule has 2 amide bonds. The summed E-state index contributed by atoms with van der Waals surface area (Å²) < 4.78 is 5.48. The van der Waals surface area contributed by atoms with Crippen LogP contribution in [0.15, 0.2) is 48.5 Å². The van der Waals surface area contributed by atoms with Gasteiger partial charge in [0.1, 0.15) is 5.69 Å². The predicted octanol–water partition coefficient (Wildman–Crippen LogP) is 4.15. The van der Waals surface area contributed by atoms with Gasteiger partial charge in [-0.15, -0.1) is 11.3 Å². The number of nitrogens with one attached hydrogen (secondary N) is 1. The number of fused-ring (bicyclic) bond motifs is 1. The molecule has 37 heavy (non-hydrogen) atoms. The fraction of sp³-hybridized carbons (Fsp3) is 0.414. The first-order valence-electron chi connectivity index (χ1n) is 13.0. The van der Waals surface area contributed by atoms with E-state index in [0.29, 0.717) is 42.9 Å². The van der Waals surface area contributed by atoms with Crippen molar-refractivity contribution in [1.29, 1.82) is 0 Å².